The molecule has 1 aromatic carbocycles. The first-order valence-electron chi connectivity index (χ1n) is 9.84. The van der Waals surface area contributed by atoms with Crippen molar-refractivity contribution in [2.75, 3.05) is 38.7 Å². The van der Waals surface area contributed by atoms with E-state index in [4.69, 9.17) is 18.9 Å². The average molecular weight is 404 g/mol. The van der Waals surface area contributed by atoms with Crippen LogP contribution in [0.25, 0.3) is 0 Å². The van der Waals surface area contributed by atoms with Crippen LogP contribution in [-0.2, 0) is 19.1 Å². The fraction of sp³-hybridized carbons (Fsp3) is 0.524. The van der Waals surface area contributed by atoms with Crippen LogP contribution in [0.4, 0.5) is 5.69 Å². The molecule has 0 saturated carbocycles. The molecule has 2 aliphatic rings. The van der Waals surface area contributed by atoms with Crippen molar-refractivity contribution < 1.29 is 28.5 Å². The van der Waals surface area contributed by atoms with Gasteiger partial charge in [-0.1, -0.05) is 0 Å². The predicted octanol–water partition coefficient (Wildman–Crippen LogP) is 2.69. The highest BCUT2D eigenvalue weighted by molar-refractivity contribution is 6.15. The molecule has 0 bridgehead atoms. The van der Waals surface area contributed by atoms with Crippen LogP contribution in [0.1, 0.15) is 33.1 Å². The van der Waals surface area contributed by atoms with Crippen molar-refractivity contribution in [1.29, 1.82) is 0 Å². The number of methoxy groups -OCH3 is 1. The molecule has 0 radical (unpaired) electrons. The molecular formula is C21H28N2O6. The minimum absolute atomic E-state index is 0.201. The molecule has 2 aliphatic heterocycles. The lowest BCUT2D eigenvalue weighted by atomic mass is 10.2. The number of nitrogens with one attached hydrogen (secondary N) is 1. The zero-order chi connectivity index (χ0) is 20.9. The number of esters is 2. The van der Waals surface area contributed by atoms with Crippen molar-refractivity contribution in [1.82, 2.24) is 4.90 Å². The Morgan fingerprint density at radius 3 is 2.48 bits per heavy atom. The van der Waals surface area contributed by atoms with Crippen LogP contribution in [0, 0.1) is 0 Å². The van der Waals surface area contributed by atoms with Crippen molar-refractivity contribution in [3.63, 3.8) is 0 Å². The summed E-state index contributed by atoms with van der Waals surface area (Å²) < 4.78 is 21.4. The Kier molecular flexibility index (Phi) is 6.64. The third kappa shape index (κ3) is 5.63. The number of nitrogens with zero attached hydrogens (tertiary/aromatic N) is 1. The molecule has 0 aromatic heterocycles. The zero-order valence-corrected chi connectivity index (χ0v) is 17.2. The van der Waals surface area contributed by atoms with Crippen LogP contribution in [0.2, 0.25) is 0 Å². The van der Waals surface area contributed by atoms with Gasteiger partial charge in [-0.25, -0.2) is 9.59 Å². The van der Waals surface area contributed by atoms with Crippen LogP contribution in [-0.4, -0.2) is 56.0 Å². The first-order valence-corrected chi connectivity index (χ1v) is 9.84. The lowest BCUT2D eigenvalue weighted by molar-refractivity contribution is -0.222. The summed E-state index contributed by atoms with van der Waals surface area (Å²) in [5, 5.41) is 2.92. The number of carbonyl (C=O) groups excluding carboxylic acids is 2. The van der Waals surface area contributed by atoms with Crippen molar-refractivity contribution in [3.8, 4) is 11.5 Å². The van der Waals surface area contributed by atoms with Crippen molar-refractivity contribution >= 4 is 17.6 Å². The van der Waals surface area contributed by atoms with E-state index in [1.807, 2.05) is 0 Å². The number of cyclic esters (lactones) is 2. The van der Waals surface area contributed by atoms with Gasteiger partial charge < -0.3 is 29.2 Å². The minimum atomic E-state index is -1.26. The summed E-state index contributed by atoms with van der Waals surface area (Å²) in [6, 6.07) is 5.28. The molecule has 0 amide bonds. The summed E-state index contributed by atoms with van der Waals surface area (Å²) in [6.07, 6.45) is 4.75. The summed E-state index contributed by atoms with van der Waals surface area (Å²) >= 11 is 0. The van der Waals surface area contributed by atoms with Crippen LogP contribution in [0.15, 0.2) is 30.0 Å². The van der Waals surface area contributed by atoms with Gasteiger partial charge in [0.1, 0.15) is 0 Å². The summed E-state index contributed by atoms with van der Waals surface area (Å²) in [5.41, 5.74) is 0.437. The number of ether oxygens (including phenoxy) is 4. The van der Waals surface area contributed by atoms with E-state index in [-0.39, 0.29) is 5.57 Å². The molecule has 0 unspecified atom stereocenters. The largest absolute Gasteiger partial charge is 0.493 e. The van der Waals surface area contributed by atoms with E-state index in [0.29, 0.717) is 23.8 Å². The number of hydrogen-bond acceptors (Lipinski definition) is 8. The van der Waals surface area contributed by atoms with E-state index in [1.54, 1.807) is 25.3 Å². The van der Waals surface area contributed by atoms with Gasteiger partial charge in [0, 0.05) is 38.3 Å². The van der Waals surface area contributed by atoms with Gasteiger partial charge in [0.15, 0.2) is 17.1 Å². The Hall–Kier alpha value is -2.74. The molecule has 1 N–H and O–H groups in total. The van der Waals surface area contributed by atoms with Crippen LogP contribution in [0.3, 0.4) is 0 Å². The number of carbonyl (C=O) groups is 2. The van der Waals surface area contributed by atoms with E-state index in [0.717, 1.165) is 13.0 Å². The van der Waals surface area contributed by atoms with E-state index < -0.39 is 17.7 Å². The normalized spacial score (nSPS) is 18.8. The highest BCUT2D eigenvalue weighted by Crippen LogP contribution is 2.31. The molecule has 29 heavy (non-hydrogen) atoms. The van der Waals surface area contributed by atoms with Crippen LogP contribution in [0.5, 0.6) is 11.5 Å². The second-order valence-corrected chi connectivity index (χ2v) is 7.50. The van der Waals surface area contributed by atoms with E-state index >= 15 is 0 Å². The monoisotopic (exact) mass is 404 g/mol. The van der Waals surface area contributed by atoms with Gasteiger partial charge in [0.25, 0.3) is 5.79 Å². The Bertz CT molecular complexity index is 761. The van der Waals surface area contributed by atoms with E-state index in [1.165, 1.54) is 46.0 Å². The van der Waals surface area contributed by atoms with Crippen LogP contribution >= 0.6 is 0 Å². The quantitative estimate of drug-likeness (QED) is 0.306. The lowest BCUT2D eigenvalue weighted by Gasteiger charge is -2.29. The number of rotatable bonds is 8. The third-order valence-corrected chi connectivity index (χ3v) is 4.74. The molecule has 0 atom stereocenters. The molecule has 1 aromatic rings. The molecule has 3 rings (SSSR count). The first kappa shape index (κ1) is 21.0. The number of anilines is 1. The van der Waals surface area contributed by atoms with Gasteiger partial charge in [0.05, 0.1) is 13.7 Å². The number of benzene rings is 1. The molecule has 8 heteroatoms. The smallest absolute Gasteiger partial charge is 0.350 e. The second-order valence-electron chi connectivity index (χ2n) is 7.50. The fourth-order valence-electron chi connectivity index (χ4n) is 3.29. The predicted molar refractivity (Wildman–Crippen MR) is 107 cm³/mol. The van der Waals surface area contributed by atoms with Crippen molar-refractivity contribution in [2.24, 2.45) is 0 Å². The minimum Gasteiger partial charge on any atom is -0.493 e. The summed E-state index contributed by atoms with van der Waals surface area (Å²) in [5.74, 6) is -1.52. The summed E-state index contributed by atoms with van der Waals surface area (Å²) in [6.45, 7) is 6.94. The molecule has 2 saturated heterocycles. The summed E-state index contributed by atoms with van der Waals surface area (Å²) in [7, 11) is 1.58. The third-order valence-electron chi connectivity index (χ3n) is 4.74. The Morgan fingerprint density at radius 2 is 1.83 bits per heavy atom. The summed E-state index contributed by atoms with van der Waals surface area (Å²) in [4.78, 5) is 26.5. The number of likely N-dealkylation sites (tertiary alicyclic amines) is 1. The van der Waals surface area contributed by atoms with Gasteiger partial charge >= 0.3 is 11.9 Å². The van der Waals surface area contributed by atoms with E-state index in [2.05, 4.69) is 10.2 Å². The topological polar surface area (TPSA) is 86.3 Å². The molecule has 158 valence electrons. The zero-order valence-electron chi connectivity index (χ0n) is 17.2. The van der Waals surface area contributed by atoms with Crippen molar-refractivity contribution in [2.45, 2.75) is 38.9 Å². The highest BCUT2D eigenvalue weighted by atomic mass is 16.7. The van der Waals surface area contributed by atoms with Crippen molar-refractivity contribution in [3.05, 3.63) is 30.0 Å². The second kappa shape index (κ2) is 9.17. The maximum absolute atomic E-state index is 12.0. The Labute approximate surface area is 170 Å². The maximum atomic E-state index is 12.0. The molecule has 0 spiro atoms. The Balaban J connectivity index is 1.60. The highest BCUT2D eigenvalue weighted by Gasteiger charge is 2.38. The Morgan fingerprint density at radius 1 is 1.14 bits per heavy atom. The van der Waals surface area contributed by atoms with Gasteiger partial charge in [-0.3, -0.25) is 0 Å². The maximum Gasteiger partial charge on any atom is 0.350 e. The molecule has 2 fully saturated rings. The average Bonchev–Trinajstić information content (AvgIpc) is 3.17. The van der Waals surface area contributed by atoms with Crippen LogP contribution < -0.4 is 14.8 Å². The number of hydrogen-bond donors (Lipinski definition) is 1. The van der Waals surface area contributed by atoms with Gasteiger partial charge in [-0.15, -0.1) is 0 Å². The molecule has 8 nitrogen and oxygen atoms in total. The SMILES string of the molecule is COc1ccc(NC=C2C(=O)OC(C)(C)OC2=O)cc1OCCCN1CCCC1. The van der Waals surface area contributed by atoms with Gasteiger partial charge in [-0.05, 0) is 44.5 Å². The van der Waals surface area contributed by atoms with Gasteiger partial charge in [-0.2, -0.15) is 0 Å². The standard InChI is InChI=1S/C21H28N2O6/c1-21(2)28-19(24)16(20(25)29-21)14-22-15-7-8-17(26-3)18(13-15)27-12-6-11-23-9-4-5-10-23/h7-8,13-14,22H,4-6,9-12H2,1-3H3. The van der Waals surface area contributed by atoms with Gasteiger partial charge in [0.2, 0.25) is 0 Å². The molecule has 2 heterocycles. The first-order chi connectivity index (χ1) is 13.9. The fourth-order valence-corrected chi connectivity index (χ4v) is 3.29. The van der Waals surface area contributed by atoms with E-state index in [9.17, 15) is 9.59 Å². The molecular weight excluding hydrogens is 376 g/mol. The molecule has 0 aliphatic carbocycles. The lowest BCUT2D eigenvalue weighted by Crippen LogP contribution is -2.42.